The molecule has 0 radical (unpaired) electrons. The van der Waals surface area contributed by atoms with Crippen molar-refractivity contribution in [2.45, 2.75) is 327 Å². The van der Waals surface area contributed by atoms with E-state index in [9.17, 15) is 25.2 Å². The van der Waals surface area contributed by atoms with Crippen molar-refractivity contribution in [3.63, 3.8) is 0 Å². The maximum Gasteiger partial charge on any atom is 0.249 e. The minimum Gasteiger partial charge on any atom is -0.394 e. The van der Waals surface area contributed by atoms with Gasteiger partial charge in [0.1, 0.15) is 12.2 Å². The van der Waals surface area contributed by atoms with Crippen molar-refractivity contribution in [3.8, 4) is 0 Å². The SMILES string of the molecule is CCCCCCCCCCC/C=C\C/C=C\CCCCCCCCCCCCCCC(O)C(=O)NC(CO)C(O)C(O)CCCCCCCCCCCCCCCCCCCCC. The normalized spacial score (nSPS) is 13.9. The van der Waals surface area contributed by atoms with Crippen LogP contribution in [0.4, 0.5) is 0 Å². The molecule has 374 valence electrons. The van der Waals surface area contributed by atoms with E-state index in [4.69, 9.17) is 0 Å². The molecular weight excluding hydrogens is 779 g/mol. The number of carbonyl (C=O) groups is 1. The van der Waals surface area contributed by atoms with Crippen LogP contribution in [0.5, 0.6) is 0 Å². The van der Waals surface area contributed by atoms with Crippen molar-refractivity contribution in [2.75, 3.05) is 6.61 Å². The standard InChI is InChI=1S/C57H111NO5/c1-3-5-7-9-11-13-15-17-19-21-23-24-25-26-27-28-29-30-31-33-35-37-39-41-43-45-47-49-51-55(61)57(63)58-53(52-59)56(62)54(60)50-48-46-44-42-40-38-36-34-32-22-20-18-16-14-12-10-8-6-4-2/h23-24,26-27,53-56,59-62H,3-22,25,28-52H2,1-2H3,(H,58,63)/b24-23-,27-26-. The number of carbonyl (C=O) groups excluding carboxylic acids is 1. The highest BCUT2D eigenvalue weighted by Gasteiger charge is 2.28. The van der Waals surface area contributed by atoms with Crippen LogP contribution in [0.1, 0.15) is 303 Å². The summed E-state index contributed by atoms with van der Waals surface area (Å²) in [5, 5.41) is 44.0. The molecule has 0 heterocycles. The Morgan fingerprint density at radius 3 is 1.00 bits per heavy atom. The fraction of sp³-hybridized carbons (Fsp3) is 0.912. The van der Waals surface area contributed by atoms with Gasteiger partial charge in [-0.1, -0.05) is 282 Å². The second-order valence-corrected chi connectivity index (χ2v) is 19.6. The molecule has 0 aliphatic carbocycles. The molecule has 0 aromatic rings. The Kier molecular flexibility index (Phi) is 50.8. The number of unbranched alkanes of at least 4 members (excludes halogenated alkanes) is 39. The minimum absolute atomic E-state index is 0.369. The van der Waals surface area contributed by atoms with Crippen LogP contribution in [0, 0.1) is 0 Å². The summed E-state index contributed by atoms with van der Waals surface area (Å²) in [5.41, 5.74) is 0. The Balaban J connectivity index is 3.62. The number of aliphatic hydroxyl groups excluding tert-OH is 4. The third-order valence-corrected chi connectivity index (χ3v) is 13.4. The maximum atomic E-state index is 12.6. The number of amides is 1. The zero-order chi connectivity index (χ0) is 45.9. The van der Waals surface area contributed by atoms with Crippen molar-refractivity contribution in [3.05, 3.63) is 24.3 Å². The number of hydrogen-bond donors (Lipinski definition) is 5. The third kappa shape index (κ3) is 45.7. The van der Waals surface area contributed by atoms with Gasteiger partial charge in [-0.25, -0.2) is 0 Å². The highest BCUT2D eigenvalue weighted by atomic mass is 16.3. The van der Waals surface area contributed by atoms with Gasteiger partial charge in [0.25, 0.3) is 0 Å². The molecule has 63 heavy (non-hydrogen) atoms. The molecule has 0 aliphatic heterocycles. The molecule has 1 amide bonds. The lowest BCUT2D eigenvalue weighted by Gasteiger charge is -2.27. The van der Waals surface area contributed by atoms with Crippen molar-refractivity contribution in [1.82, 2.24) is 5.32 Å². The largest absolute Gasteiger partial charge is 0.394 e. The highest BCUT2D eigenvalue weighted by Crippen LogP contribution is 2.18. The summed E-state index contributed by atoms with van der Waals surface area (Å²) in [6.07, 6.45) is 62.4. The number of rotatable bonds is 52. The van der Waals surface area contributed by atoms with Gasteiger partial charge in [-0.3, -0.25) is 4.79 Å². The molecule has 0 aromatic heterocycles. The Morgan fingerprint density at radius 2 is 0.683 bits per heavy atom. The lowest BCUT2D eigenvalue weighted by Crippen LogP contribution is -2.53. The summed E-state index contributed by atoms with van der Waals surface area (Å²) in [6, 6.07) is -0.985. The van der Waals surface area contributed by atoms with Gasteiger partial charge in [0, 0.05) is 0 Å². The van der Waals surface area contributed by atoms with Gasteiger partial charge in [-0.05, 0) is 44.9 Å². The van der Waals surface area contributed by atoms with Gasteiger partial charge >= 0.3 is 0 Å². The van der Waals surface area contributed by atoms with Gasteiger partial charge in [0.05, 0.1) is 18.8 Å². The molecule has 4 unspecified atom stereocenters. The predicted molar refractivity (Wildman–Crippen MR) is 274 cm³/mol. The average Bonchev–Trinajstić information content (AvgIpc) is 3.29. The van der Waals surface area contributed by atoms with Crippen LogP contribution < -0.4 is 5.32 Å². The zero-order valence-corrected chi connectivity index (χ0v) is 42.3. The molecule has 6 heteroatoms. The van der Waals surface area contributed by atoms with Gasteiger partial charge in [-0.15, -0.1) is 0 Å². The van der Waals surface area contributed by atoms with E-state index in [1.165, 1.54) is 231 Å². The quantitative estimate of drug-likeness (QED) is 0.0309. The molecule has 0 rings (SSSR count). The van der Waals surface area contributed by atoms with Crippen molar-refractivity contribution < 1.29 is 25.2 Å². The molecule has 0 bridgehead atoms. The summed E-state index contributed by atoms with van der Waals surface area (Å²) < 4.78 is 0. The molecule has 0 aromatic carbocycles. The topological polar surface area (TPSA) is 110 Å². The van der Waals surface area contributed by atoms with Crippen LogP contribution in [0.3, 0.4) is 0 Å². The number of aliphatic hydroxyl groups is 4. The smallest absolute Gasteiger partial charge is 0.249 e. The molecule has 0 fully saturated rings. The Morgan fingerprint density at radius 1 is 0.397 bits per heavy atom. The van der Waals surface area contributed by atoms with Crippen LogP contribution in [0.2, 0.25) is 0 Å². The molecule has 0 aliphatic rings. The fourth-order valence-corrected chi connectivity index (χ4v) is 8.97. The number of allylic oxidation sites excluding steroid dienone is 4. The van der Waals surface area contributed by atoms with Crippen LogP contribution >= 0.6 is 0 Å². The van der Waals surface area contributed by atoms with Gasteiger partial charge in [0.2, 0.25) is 5.91 Å². The van der Waals surface area contributed by atoms with E-state index in [0.717, 1.165) is 44.9 Å². The molecule has 4 atom stereocenters. The third-order valence-electron chi connectivity index (χ3n) is 13.4. The predicted octanol–water partition coefficient (Wildman–Crippen LogP) is 16.3. The molecule has 6 nitrogen and oxygen atoms in total. The summed E-state index contributed by atoms with van der Waals surface area (Å²) in [7, 11) is 0. The van der Waals surface area contributed by atoms with E-state index < -0.39 is 36.9 Å². The molecular formula is C57H111NO5. The van der Waals surface area contributed by atoms with E-state index in [0.29, 0.717) is 12.8 Å². The Bertz CT molecular complexity index is 955. The van der Waals surface area contributed by atoms with Crippen LogP contribution in [-0.4, -0.2) is 57.3 Å². The molecule has 0 spiro atoms. The van der Waals surface area contributed by atoms with Gasteiger partial charge in [0.15, 0.2) is 0 Å². The summed E-state index contributed by atoms with van der Waals surface area (Å²) in [4.78, 5) is 12.6. The first-order valence-electron chi connectivity index (χ1n) is 28.2. The minimum atomic E-state index is -1.26. The van der Waals surface area contributed by atoms with Gasteiger partial charge in [-0.2, -0.15) is 0 Å². The van der Waals surface area contributed by atoms with E-state index in [1.54, 1.807) is 0 Å². The second kappa shape index (κ2) is 51.8. The van der Waals surface area contributed by atoms with E-state index in [1.807, 2.05) is 0 Å². The van der Waals surface area contributed by atoms with Crippen LogP contribution in [0.25, 0.3) is 0 Å². The molecule has 0 saturated carbocycles. The Hall–Kier alpha value is -1.21. The first-order chi connectivity index (χ1) is 31.0. The van der Waals surface area contributed by atoms with Crippen molar-refractivity contribution in [2.24, 2.45) is 0 Å². The summed E-state index contributed by atoms with van der Waals surface area (Å²) in [6.45, 7) is 4.08. The second-order valence-electron chi connectivity index (χ2n) is 19.6. The summed E-state index contributed by atoms with van der Waals surface area (Å²) in [5.74, 6) is -0.581. The zero-order valence-electron chi connectivity index (χ0n) is 42.3. The maximum absolute atomic E-state index is 12.6. The first-order valence-corrected chi connectivity index (χ1v) is 28.2. The van der Waals surface area contributed by atoms with Crippen molar-refractivity contribution in [1.29, 1.82) is 0 Å². The lowest BCUT2D eigenvalue weighted by molar-refractivity contribution is -0.132. The Labute approximate surface area is 393 Å². The number of nitrogens with one attached hydrogen (secondary N) is 1. The van der Waals surface area contributed by atoms with E-state index in [-0.39, 0.29) is 0 Å². The van der Waals surface area contributed by atoms with Gasteiger partial charge < -0.3 is 25.7 Å². The molecule has 5 N–H and O–H groups in total. The molecule has 0 saturated heterocycles. The van der Waals surface area contributed by atoms with E-state index >= 15 is 0 Å². The lowest BCUT2D eigenvalue weighted by atomic mass is 9.99. The summed E-state index contributed by atoms with van der Waals surface area (Å²) >= 11 is 0. The average molecular weight is 891 g/mol. The van der Waals surface area contributed by atoms with Crippen LogP contribution in [-0.2, 0) is 4.79 Å². The van der Waals surface area contributed by atoms with E-state index in [2.05, 4.69) is 43.5 Å². The van der Waals surface area contributed by atoms with Crippen molar-refractivity contribution >= 4 is 5.91 Å². The monoisotopic (exact) mass is 890 g/mol. The number of hydrogen-bond acceptors (Lipinski definition) is 5. The highest BCUT2D eigenvalue weighted by molar-refractivity contribution is 5.80. The van der Waals surface area contributed by atoms with Crippen LogP contribution in [0.15, 0.2) is 24.3 Å². The first kappa shape index (κ1) is 61.8. The fourth-order valence-electron chi connectivity index (χ4n) is 8.97.